The third kappa shape index (κ3) is 4.41. The molecule has 0 saturated carbocycles. The molecule has 1 amide bonds. The monoisotopic (exact) mass is 485 g/mol. The van der Waals surface area contributed by atoms with Crippen molar-refractivity contribution in [3.8, 4) is 5.75 Å². The van der Waals surface area contributed by atoms with E-state index in [1.165, 1.54) is 4.57 Å². The molecule has 0 spiro atoms. The molecule has 1 atom stereocenters. The lowest BCUT2D eigenvalue weighted by atomic mass is 9.97. The quantitative estimate of drug-likeness (QED) is 0.597. The molecule has 1 N–H and O–H groups in total. The largest absolute Gasteiger partial charge is 0.496 e. The van der Waals surface area contributed by atoms with E-state index in [4.69, 9.17) is 4.74 Å². The number of hydrogen-bond acceptors (Lipinski definition) is 6. The summed E-state index contributed by atoms with van der Waals surface area (Å²) in [5, 5.41) is 3.02. The van der Waals surface area contributed by atoms with Crippen molar-refractivity contribution in [3.05, 3.63) is 56.9 Å². The second-order valence-corrected chi connectivity index (χ2v) is 8.52. The number of nitrogens with zero attached hydrogens (tertiary/aromatic N) is 4. The Morgan fingerprint density at radius 3 is 3.00 bits per heavy atom. The fourth-order valence-electron chi connectivity index (χ4n) is 3.94. The van der Waals surface area contributed by atoms with Crippen LogP contribution in [0.5, 0.6) is 5.75 Å². The highest BCUT2D eigenvalue weighted by Crippen LogP contribution is 2.24. The van der Waals surface area contributed by atoms with E-state index in [0.717, 1.165) is 28.6 Å². The molecule has 9 heteroatoms. The average molecular weight is 486 g/mol. The van der Waals surface area contributed by atoms with Gasteiger partial charge in [0.2, 0.25) is 5.91 Å². The van der Waals surface area contributed by atoms with E-state index in [9.17, 15) is 9.59 Å². The van der Waals surface area contributed by atoms with Crippen molar-refractivity contribution in [2.24, 2.45) is 13.0 Å². The van der Waals surface area contributed by atoms with Crippen molar-refractivity contribution < 1.29 is 9.53 Å². The van der Waals surface area contributed by atoms with Gasteiger partial charge in [-0.3, -0.25) is 14.2 Å². The lowest BCUT2D eigenvalue weighted by Crippen LogP contribution is -2.45. The molecule has 1 aromatic carbocycles. The second-order valence-electron chi connectivity index (χ2n) is 7.60. The zero-order valence-corrected chi connectivity index (χ0v) is 19.1. The highest BCUT2D eigenvalue weighted by atomic mass is 79.9. The number of nitrogens with one attached hydrogen (secondary N) is 1. The molecule has 162 valence electrons. The van der Waals surface area contributed by atoms with Gasteiger partial charge in [0.15, 0.2) is 11.5 Å². The summed E-state index contributed by atoms with van der Waals surface area (Å²) < 4.78 is 7.82. The predicted octanol–water partition coefficient (Wildman–Crippen LogP) is 2.63. The van der Waals surface area contributed by atoms with Crippen LogP contribution in [0.2, 0.25) is 0 Å². The SMILES string of the molecule is COc1ccc(Br)cc1CNC(=O)C1CCCN(c2nc3cccnc3n(C)c2=O)C1. The number of aryl methyl sites for hydroxylation is 1. The summed E-state index contributed by atoms with van der Waals surface area (Å²) in [6.45, 7) is 1.52. The van der Waals surface area contributed by atoms with Crippen molar-refractivity contribution in [2.75, 3.05) is 25.1 Å². The van der Waals surface area contributed by atoms with Gasteiger partial charge in [-0.1, -0.05) is 15.9 Å². The summed E-state index contributed by atoms with van der Waals surface area (Å²) in [5.74, 6) is 0.842. The van der Waals surface area contributed by atoms with Crippen LogP contribution in [0.3, 0.4) is 0 Å². The third-order valence-electron chi connectivity index (χ3n) is 5.59. The van der Waals surface area contributed by atoms with Crippen molar-refractivity contribution in [2.45, 2.75) is 19.4 Å². The Morgan fingerprint density at radius 2 is 2.19 bits per heavy atom. The number of fused-ring (bicyclic) bond motifs is 1. The standard InChI is InChI=1S/C22H24BrN5O3/c1-27-19-17(6-3-9-24-19)26-20(22(27)30)28-10-4-5-14(13-28)21(29)25-12-15-11-16(23)7-8-18(15)31-2/h3,6-9,11,14H,4-5,10,12-13H2,1-2H3,(H,25,29). The molecule has 1 aliphatic heterocycles. The van der Waals surface area contributed by atoms with E-state index < -0.39 is 0 Å². The van der Waals surface area contributed by atoms with Gasteiger partial charge in [0.1, 0.15) is 11.3 Å². The molecular formula is C22H24BrN5O3. The number of methoxy groups -OCH3 is 1. The minimum atomic E-state index is -0.219. The van der Waals surface area contributed by atoms with Gasteiger partial charge in [-0.25, -0.2) is 9.97 Å². The lowest BCUT2D eigenvalue weighted by molar-refractivity contribution is -0.125. The Bertz CT molecular complexity index is 1180. The highest BCUT2D eigenvalue weighted by molar-refractivity contribution is 9.10. The van der Waals surface area contributed by atoms with Gasteiger partial charge in [-0.2, -0.15) is 0 Å². The first kappa shape index (κ1) is 21.3. The maximum atomic E-state index is 12.9. The normalized spacial score (nSPS) is 16.4. The molecule has 0 aliphatic carbocycles. The molecule has 0 radical (unpaired) electrons. The van der Waals surface area contributed by atoms with Crippen molar-refractivity contribution >= 4 is 38.8 Å². The van der Waals surface area contributed by atoms with Crippen molar-refractivity contribution in [3.63, 3.8) is 0 Å². The molecule has 1 aliphatic rings. The molecule has 1 saturated heterocycles. The first-order valence-electron chi connectivity index (χ1n) is 10.1. The molecule has 3 heterocycles. The Kier molecular flexibility index (Phi) is 6.22. The number of anilines is 1. The molecule has 4 rings (SSSR count). The number of rotatable bonds is 5. The summed E-state index contributed by atoms with van der Waals surface area (Å²) in [6.07, 6.45) is 3.23. The number of ether oxygens (including phenoxy) is 1. The minimum absolute atomic E-state index is 0.0361. The average Bonchev–Trinajstić information content (AvgIpc) is 2.80. The van der Waals surface area contributed by atoms with Gasteiger partial charge < -0.3 is 15.0 Å². The minimum Gasteiger partial charge on any atom is -0.496 e. The van der Waals surface area contributed by atoms with Crippen molar-refractivity contribution in [1.82, 2.24) is 19.9 Å². The molecular weight excluding hydrogens is 462 g/mol. The van der Waals surface area contributed by atoms with E-state index in [2.05, 4.69) is 31.2 Å². The van der Waals surface area contributed by atoms with E-state index in [1.54, 1.807) is 26.4 Å². The summed E-state index contributed by atoms with van der Waals surface area (Å²) in [7, 11) is 3.31. The summed E-state index contributed by atoms with van der Waals surface area (Å²) >= 11 is 3.45. The number of hydrogen-bond donors (Lipinski definition) is 1. The Hall–Kier alpha value is -2.94. The van der Waals surface area contributed by atoms with Crippen molar-refractivity contribution in [1.29, 1.82) is 0 Å². The van der Waals surface area contributed by atoms with Gasteiger partial charge in [-0.15, -0.1) is 0 Å². The van der Waals surface area contributed by atoms with Crippen LogP contribution in [0.25, 0.3) is 11.2 Å². The molecule has 1 unspecified atom stereocenters. The molecule has 1 fully saturated rings. The van der Waals surface area contributed by atoms with Crippen LogP contribution in [0.1, 0.15) is 18.4 Å². The predicted molar refractivity (Wildman–Crippen MR) is 122 cm³/mol. The van der Waals surface area contributed by atoms with E-state index >= 15 is 0 Å². The van der Waals surface area contributed by atoms with Crippen LogP contribution >= 0.6 is 15.9 Å². The second kappa shape index (κ2) is 9.05. The fourth-order valence-corrected chi connectivity index (χ4v) is 4.35. The third-order valence-corrected chi connectivity index (χ3v) is 6.09. The maximum absolute atomic E-state index is 12.9. The van der Waals surface area contributed by atoms with E-state index in [1.807, 2.05) is 29.2 Å². The zero-order chi connectivity index (χ0) is 22.0. The van der Waals surface area contributed by atoms with Gasteiger partial charge in [0.05, 0.1) is 13.0 Å². The first-order chi connectivity index (χ1) is 15.0. The summed E-state index contributed by atoms with van der Waals surface area (Å²) in [6, 6.07) is 9.33. The number of pyridine rings is 1. The molecule has 0 bridgehead atoms. The van der Waals surface area contributed by atoms with Crippen LogP contribution in [0.4, 0.5) is 5.82 Å². The van der Waals surface area contributed by atoms with Gasteiger partial charge in [-0.05, 0) is 43.2 Å². The maximum Gasteiger partial charge on any atom is 0.294 e. The van der Waals surface area contributed by atoms with Crippen LogP contribution in [0.15, 0.2) is 45.8 Å². The first-order valence-corrected chi connectivity index (χ1v) is 10.9. The fraction of sp³-hybridized carbons (Fsp3) is 0.364. The van der Waals surface area contributed by atoms with Crippen LogP contribution in [-0.2, 0) is 18.4 Å². The zero-order valence-electron chi connectivity index (χ0n) is 17.5. The van der Waals surface area contributed by atoms with Gasteiger partial charge in [0, 0.05) is 42.9 Å². The number of aromatic nitrogens is 3. The van der Waals surface area contributed by atoms with Gasteiger partial charge >= 0.3 is 0 Å². The Labute approximate surface area is 188 Å². The smallest absolute Gasteiger partial charge is 0.294 e. The van der Waals surface area contributed by atoms with Crippen LogP contribution < -0.4 is 20.5 Å². The molecule has 3 aromatic rings. The number of carbonyl (C=O) groups excluding carboxylic acids is 1. The highest BCUT2D eigenvalue weighted by Gasteiger charge is 2.28. The Morgan fingerprint density at radius 1 is 1.35 bits per heavy atom. The molecule has 31 heavy (non-hydrogen) atoms. The molecule has 2 aromatic heterocycles. The number of carbonyl (C=O) groups is 1. The number of amides is 1. The number of benzene rings is 1. The van der Waals surface area contributed by atoms with Gasteiger partial charge in [0.25, 0.3) is 5.56 Å². The topological polar surface area (TPSA) is 89.3 Å². The van der Waals surface area contributed by atoms with E-state index in [-0.39, 0.29) is 17.4 Å². The summed E-state index contributed by atoms with van der Waals surface area (Å²) in [5.41, 5.74) is 1.90. The van der Waals surface area contributed by atoms with Crippen LogP contribution in [-0.4, -0.2) is 40.6 Å². The molecule has 8 nitrogen and oxygen atoms in total. The number of piperidine rings is 1. The summed E-state index contributed by atoms with van der Waals surface area (Å²) in [4.78, 5) is 36.5. The van der Waals surface area contributed by atoms with E-state index in [0.29, 0.717) is 36.6 Å². The Balaban J connectivity index is 1.50. The number of halogens is 1. The van der Waals surface area contributed by atoms with Crippen LogP contribution in [0, 0.1) is 5.92 Å². The lowest BCUT2D eigenvalue weighted by Gasteiger charge is -2.32.